The van der Waals surface area contributed by atoms with E-state index in [1.165, 1.54) is 0 Å². The molecule has 0 bridgehead atoms. The number of aryl methyl sites for hydroxylation is 1. The second kappa shape index (κ2) is 4.37. The molecule has 2 heteroatoms. The van der Waals surface area contributed by atoms with Crippen LogP contribution in [-0.4, -0.2) is 5.11 Å². The van der Waals surface area contributed by atoms with Gasteiger partial charge in [-0.05, 0) is 41.3 Å². The fourth-order valence-corrected chi connectivity index (χ4v) is 1.85. The van der Waals surface area contributed by atoms with E-state index in [9.17, 15) is 5.11 Å². The summed E-state index contributed by atoms with van der Waals surface area (Å²) in [5.74, 6) is 0. The van der Waals surface area contributed by atoms with Crippen LogP contribution in [0.5, 0.6) is 0 Å². The Kier molecular flexibility index (Phi) is 2.93. The zero-order chi connectivity index (χ0) is 11.5. The van der Waals surface area contributed by atoms with E-state index in [0.717, 1.165) is 27.9 Å². The van der Waals surface area contributed by atoms with Gasteiger partial charge >= 0.3 is 0 Å². The number of nitrogens with two attached hydrogens (primary N) is 1. The van der Waals surface area contributed by atoms with E-state index in [1.54, 1.807) is 0 Å². The molecule has 0 amide bonds. The van der Waals surface area contributed by atoms with Gasteiger partial charge in [-0.1, -0.05) is 30.3 Å². The van der Waals surface area contributed by atoms with Crippen LogP contribution < -0.4 is 5.73 Å². The predicted octanol–water partition coefficient (Wildman–Crippen LogP) is 2.74. The number of benzene rings is 2. The molecule has 0 heterocycles. The van der Waals surface area contributed by atoms with E-state index in [4.69, 9.17) is 5.73 Å². The lowest BCUT2D eigenvalue weighted by Gasteiger charge is -2.10. The molecule has 2 aromatic carbocycles. The largest absolute Gasteiger partial charge is 0.399 e. The molecule has 2 nitrogen and oxygen atoms in total. The molecule has 0 unspecified atom stereocenters. The Labute approximate surface area is 95.4 Å². The van der Waals surface area contributed by atoms with Crippen LogP contribution in [0.25, 0.3) is 11.1 Å². The molecule has 3 N–H and O–H groups in total. The first-order valence-electron chi connectivity index (χ1n) is 5.27. The topological polar surface area (TPSA) is 46.2 Å². The van der Waals surface area contributed by atoms with Crippen molar-refractivity contribution >= 4 is 5.69 Å². The number of aliphatic hydroxyl groups excluding tert-OH is 1. The third kappa shape index (κ3) is 1.92. The summed E-state index contributed by atoms with van der Waals surface area (Å²) in [5.41, 5.74) is 10.7. The van der Waals surface area contributed by atoms with Crippen LogP contribution >= 0.6 is 0 Å². The minimum atomic E-state index is 0.0619. The van der Waals surface area contributed by atoms with Crippen molar-refractivity contribution in [2.75, 3.05) is 5.73 Å². The van der Waals surface area contributed by atoms with Crippen molar-refractivity contribution in [2.45, 2.75) is 13.5 Å². The quantitative estimate of drug-likeness (QED) is 0.753. The lowest BCUT2D eigenvalue weighted by atomic mass is 9.96. The van der Waals surface area contributed by atoms with Crippen LogP contribution in [0.2, 0.25) is 0 Å². The highest BCUT2D eigenvalue weighted by Gasteiger charge is 2.06. The van der Waals surface area contributed by atoms with Crippen molar-refractivity contribution in [2.24, 2.45) is 0 Å². The number of rotatable bonds is 2. The molecule has 0 saturated carbocycles. The standard InChI is InChI=1S/C14H15NO/c1-10-3-2-4-13(14(10)9-16)11-5-7-12(15)8-6-11/h2-8,16H,9,15H2,1H3. The van der Waals surface area contributed by atoms with Gasteiger partial charge in [-0.2, -0.15) is 0 Å². The molecule has 0 fully saturated rings. The Morgan fingerprint density at radius 2 is 1.75 bits per heavy atom. The highest BCUT2D eigenvalue weighted by Crippen LogP contribution is 2.26. The Balaban J connectivity index is 2.55. The minimum absolute atomic E-state index is 0.0619. The smallest absolute Gasteiger partial charge is 0.0690 e. The maximum Gasteiger partial charge on any atom is 0.0690 e. The van der Waals surface area contributed by atoms with Gasteiger partial charge in [0.1, 0.15) is 0 Å². The summed E-state index contributed by atoms with van der Waals surface area (Å²) in [6.45, 7) is 2.07. The second-order valence-electron chi connectivity index (χ2n) is 3.88. The fourth-order valence-electron chi connectivity index (χ4n) is 1.85. The molecular formula is C14H15NO. The SMILES string of the molecule is Cc1cccc(-c2ccc(N)cc2)c1CO. The van der Waals surface area contributed by atoms with Crippen molar-refractivity contribution in [1.82, 2.24) is 0 Å². The van der Waals surface area contributed by atoms with E-state index < -0.39 is 0 Å². The highest BCUT2D eigenvalue weighted by molar-refractivity contribution is 5.70. The Morgan fingerprint density at radius 3 is 2.38 bits per heavy atom. The fraction of sp³-hybridized carbons (Fsp3) is 0.143. The van der Waals surface area contributed by atoms with E-state index in [1.807, 2.05) is 49.4 Å². The molecule has 0 aromatic heterocycles. The lowest BCUT2D eigenvalue weighted by molar-refractivity contribution is 0.281. The van der Waals surface area contributed by atoms with Gasteiger partial charge in [0.15, 0.2) is 0 Å². The molecule has 0 aliphatic rings. The Hall–Kier alpha value is -1.80. The van der Waals surface area contributed by atoms with Crippen LogP contribution in [-0.2, 0) is 6.61 Å². The maximum absolute atomic E-state index is 9.39. The molecule has 0 radical (unpaired) electrons. The maximum atomic E-state index is 9.39. The minimum Gasteiger partial charge on any atom is -0.399 e. The molecule has 0 aliphatic carbocycles. The predicted molar refractivity (Wildman–Crippen MR) is 67.0 cm³/mol. The molecule has 0 atom stereocenters. The van der Waals surface area contributed by atoms with Crippen LogP contribution in [0.3, 0.4) is 0 Å². The second-order valence-corrected chi connectivity index (χ2v) is 3.88. The molecule has 2 aromatic rings. The van der Waals surface area contributed by atoms with Gasteiger partial charge in [-0.3, -0.25) is 0 Å². The van der Waals surface area contributed by atoms with Crippen molar-refractivity contribution in [1.29, 1.82) is 0 Å². The van der Waals surface area contributed by atoms with Gasteiger partial charge in [-0.15, -0.1) is 0 Å². The van der Waals surface area contributed by atoms with Crippen LogP contribution in [0.1, 0.15) is 11.1 Å². The zero-order valence-corrected chi connectivity index (χ0v) is 9.27. The van der Waals surface area contributed by atoms with E-state index >= 15 is 0 Å². The number of hydrogen-bond donors (Lipinski definition) is 2. The van der Waals surface area contributed by atoms with Crippen molar-refractivity contribution in [3.63, 3.8) is 0 Å². The Morgan fingerprint density at radius 1 is 1.06 bits per heavy atom. The summed E-state index contributed by atoms with van der Waals surface area (Å²) in [5, 5.41) is 9.39. The van der Waals surface area contributed by atoms with Crippen molar-refractivity contribution in [3.8, 4) is 11.1 Å². The normalized spacial score (nSPS) is 10.4. The van der Waals surface area contributed by atoms with Gasteiger partial charge in [0.25, 0.3) is 0 Å². The summed E-state index contributed by atoms with van der Waals surface area (Å²) in [6, 6.07) is 13.7. The zero-order valence-electron chi connectivity index (χ0n) is 9.27. The summed E-state index contributed by atoms with van der Waals surface area (Å²) in [7, 11) is 0. The first-order valence-corrected chi connectivity index (χ1v) is 5.27. The molecule has 0 aliphatic heterocycles. The molecular weight excluding hydrogens is 198 g/mol. The molecule has 82 valence electrons. The van der Waals surface area contributed by atoms with E-state index in [0.29, 0.717) is 0 Å². The first-order chi connectivity index (χ1) is 7.72. The summed E-state index contributed by atoms with van der Waals surface area (Å²) < 4.78 is 0. The first kappa shape index (κ1) is 10.7. The molecule has 16 heavy (non-hydrogen) atoms. The summed E-state index contributed by atoms with van der Waals surface area (Å²) in [4.78, 5) is 0. The van der Waals surface area contributed by atoms with Crippen LogP contribution in [0, 0.1) is 6.92 Å². The van der Waals surface area contributed by atoms with Gasteiger partial charge in [-0.25, -0.2) is 0 Å². The van der Waals surface area contributed by atoms with Gasteiger partial charge in [0.05, 0.1) is 6.61 Å². The Bertz CT molecular complexity index is 489. The average molecular weight is 213 g/mol. The highest BCUT2D eigenvalue weighted by atomic mass is 16.3. The van der Waals surface area contributed by atoms with Crippen molar-refractivity contribution in [3.05, 3.63) is 53.6 Å². The third-order valence-corrected chi connectivity index (χ3v) is 2.79. The molecule has 2 rings (SSSR count). The van der Waals surface area contributed by atoms with Crippen LogP contribution in [0.4, 0.5) is 5.69 Å². The molecule has 0 spiro atoms. The van der Waals surface area contributed by atoms with Gasteiger partial charge < -0.3 is 10.8 Å². The number of hydrogen-bond acceptors (Lipinski definition) is 2. The number of anilines is 1. The van der Waals surface area contributed by atoms with Crippen molar-refractivity contribution < 1.29 is 5.11 Å². The van der Waals surface area contributed by atoms with E-state index in [2.05, 4.69) is 0 Å². The number of nitrogen functional groups attached to an aromatic ring is 1. The monoisotopic (exact) mass is 213 g/mol. The summed E-state index contributed by atoms with van der Waals surface area (Å²) >= 11 is 0. The molecule has 0 saturated heterocycles. The van der Waals surface area contributed by atoms with Gasteiger partial charge in [0, 0.05) is 5.69 Å². The van der Waals surface area contributed by atoms with Gasteiger partial charge in [0.2, 0.25) is 0 Å². The summed E-state index contributed by atoms with van der Waals surface area (Å²) in [6.07, 6.45) is 0. The number of aliphatic hydroxyl groups is 1. The average Bonchev–Trinajstić information content (AvgIpc) is 2.30. The third-order valence-electron chi connectivity index (χ3n) is 2.79. The van der Waals surface area contributed by atoms with Crippen LogP contribution in [0.15, 0.2) is 42.5 Å². The lowest BCUT2D eigenvalue weighted by Crippen LogP contribution is -1.93. The van der Waals surface area contributed by atoms with E-state index in [-0.39, 0.29) is 6.61 Å².